The quantitative estimate of drug-likeness (QED) is 0.646. The van der Waals surface area contributed by atoms with E-state index in [9.17, 15) is 9.18 Å². The van der Waals surface area contributed by atoms with E-state index in [-0.39, 0.29) is 16.9 Å². The second-order valence-corrected chi connectivity index (χ2v) is 8.96. The van der Waals surface area contributed by atoms with Crippen LogP contribution >= 0.6 is 0 Å². The van der Waals surface area contributed by atoms with Crippen molar-refractivity contribution in [2.24, 2.45) is 0 Å². The Hall–Kier alpha value is -3.22. The zero-order valence-electron chi connectivity index (χ0n) is 18.3. The van der Waals surface area contributed by atoms with Crippen molar-refractivity contribution in [1.82, 2.24) is 14.5 Å². The molecule has 0 unspecified atom stereocenters. The maximum Gasteiger partial charge on any atom is 0.352 e. The van der Waals surface area contributed by atoms with Gasteiger partial charge in [0, 0.05) is 31.9 Å². The lowest BCUT2D eigenvalue weighted by Crippen LogP contribution is -2.47. The van der Waals surface area contributed by atoms with Crippen molar-refractivity contribution >= 4 is 11.6 Å². The van der Waals surface area contributed by atoms with Gasteiger partial charge in [0.15, 0.2) is 0 Å². The Morgan fingerprint density at radius 2 is 1.52 bits per heavy atom. The van der Waals surface area contributed by atoms with E-state index < -0.39 is 0 Å². The van der Waals surface area contributed by atoms with Gasteiger partial charge >= 0.3 is 5.69 Å². The maximum atomic E-state index is 13.1. The Balaban J connectivity index is 1.40. The SMILES string of the molecule is CC(C)(C)c1ccc(Cn2cnc(N3CCN(c4ccc(F)cc4)CC3)nc2=O)cc1. The number of anilines is 2. The minimum absolute atomic E-state index is 0.0981. The van der Waals surface area contributed by atoms with Gasteiger partial charge in [0.1, 0.15) is 12.1 Å². The van der Waals surface area contributed by atoms with E-state index in [1.165, 1.54) is 22.3 Å². The monoisotopic (exact) mass is 421 g/mol. The molecule has 0 radical (unpaired) electrons. The molecule has 0 N–H and O–H groups in total. The summed E-state index contributed by atoms with van der Waals surface area (Å²) in [5, 5.41) is 0. The molecular formula is C24H28FN5O. The van der Waals surface area contributed by atoms with Crippen molar-refractivity contribution in [2.75, 3.05) is 36.0 Å². The summed E-state index contributed by atoms with van der Waals surface area (Å²) in [7, 11) is 0. The third kappa shape index (κ3) is 4.93. The molecular weight excluding hydrogens is 393 g/mol. The summed E-state index contributed by atoms with van der Waals surface area (Å²) >= 11 is 0. The Morgan fingerprint density at radius 1 is 0.903 bits per heavy atom. The van der Waals surface area contributed by atoms with E-state index in [4.69, 9.17) is 0 Å². The molecule has 0 amide bonds. The van der Waals surface area contributed by atoms with Crippen molar-refractivity contribution < 1.29 is 4.39 Å². The normalized spacial score (nSPS) is 14.7. The second-order valence-electron chi connectivity index (χ2n) is 8.96. The fourth-order valence-electron chi connectivity index (χ4n) is 3.73. The van der Waals surface area contributed by atoms with E-state index >= 15 is 0 Å². The van der Waals surface area contributed by atoms with Gasteiger partial charge in [-0.1, -0.05) is 45.0 Å². The summed E-state index contributed by atoms with van der Waals surface area (Å²) in [5.74, 6) is 0.226. The summed E-state index contributed by atoms with van der Waals surface area (Å²) in [6, 6.07) is 14.8. The van der Waals surface area contributed by atoms with Crippen LogP contribution in [0.2, 0.25) is 0 Å². The number of aromatic nitrogens is 3. The highest BCUT2D eigenvalue weighted by molar-refractivity contribution is 5.48. The molecule has 0 aliphatic carbocycles. The third-order valence-electron chi connectivity index (χ3n) is 5.68. The van der Waals surface area contributed by atoms with Crippen molar-refractivity contribution in [2.45, 2.75) is 32.7 Å². The van der Waals surface area contributed by atoms with Crippen LogP contribution in [0.3, 0.4) is 0 Å². The lowest BCUT2D eigenvalue weighted by atomic mass is 9.87. The summed E-state index contributed by atoms with van der Waals surface area (Å²) in [6.07, 6.45) is 1.58. The van der Waals surface area contributed by atoms with E-state index in [2.05, 4.69) is 59.9 Å². The molecule has 7 heteroatoms. The van der Waals surface area contributed by atoms with Gasteiger partial charge < -0.3 is 9.80 Å². The van der Waals surface area contributed by atoms with Crippen molar-refractivity contribution in [3.05, 3.63) is 82.3 Å². The number of benzene rings is 2. The molecule has 1 fully saturated rings. The Kier molecular flexibility index (Phi) is 5.76. The van der Waals surface area contributed by atoms with Crippen LogP contribution in [0.1, 0.15) is 31.9 Å². The fourth-order valence-corrected chi connectivity index (χ4v) is 3.73. The minimum atomic E-state index is -0.300. The van der Waals surface area contributed by atoms with E-state index in [1.807, 2.05) is 4.90 Å². The lowest BCUT2D eigenvalue weighted by molar-refractivity contribution is 0.589. The Labute approximate surface area is 182 Å². The van der Waals surface area contributed by atoms with Gasteiger partial charge in [-0.05, 0) is 40.8 Å². The molecule has 1 aromatic heterocycles. The van der Waals surface area contributed by atoms with Gasteiger partial charge in [0.05, 0.1) is 6.54 Å². The Morgan fingerprint density at radius 3 is 2.10 bits per heavy atom. The summed E-state index contributed by atoms with van der Waals surface area (Å²) in [5.41, 5.74) is 3.09. The van der Waals surface area contributed by atoms with Crippen LogP contribution in [0, 0.1) is 5.82 Å². The number of piperazine rings is 1. The maximum absolute atomic E-state index is 13.1. The molecule has 2 heterocycles. The first-order chi connectivity index (χ1) is 14.8. The van der Waals surface area contributed by atoms with Crippen LogP contribution in [0.25, 0.3) is 0 Å². The molecule has 6 nitrogen and oxygen atoms in total. The van der Waals surface area contributed by atoms with Crippen LogP contribution in [0.5, 0.6) is 0 Å². The number of nitrogens with zero attached hydrogens (tertiary/aromatic N) is 5. The Bertz CT molecular complexity index is 1080. The molecule has 2 aromatic carbocycles. The van der Waals surface area contributed by atoms with Crippen molar-refractivity contribution in [3.8, 4) is 0 Å². The molecule has 0 bridgehead atoms. The van der Waals surface area contributed by atoms with Gasteiger partial charge in [-0.3, -0.25) is 4.57 Å². The van der Waals surface area contributed by atoms with Crippen LogP contribution in [-0.4, -0.2) is 40.7 Å². The smallest absolute Gasteiger partial charge is 0.352 e. The molecule has 162 valence electrons. The largest absolute Gasteiger partial charge is 0.368 e. The zero-order chi connectivity index (χ0) is 22.0. The number of hydrogen-bond donors (Lipinski definition) is 0. The average Bonchev–Trinajstić information content (AvgIpc) is 2.76. The number of rotatable bonds is 4. The minimum Gasteiger partial charge on any atom is -0.368 e. The molecule has 1 saturated heterocycles. The van der Waals surface area contributed by atoms with Gasteiger partial charge in [-0.15, -0.1) is 0 Å². The van der Waals surface area contributed by atoms with E-state index in [0.717, 1.165) is 24.3 Å². The highest BCUT2D eigenvalue weighted by Gasteiger charge is 2.20. The fraction of sp³-hybridized carbons (Fsp3) is 0.375. The molecule has 0 atom stereocenters. The lowest BCUT2D eigenvalue weighted by Gasteiger charge is -2.36. The highest BCUT2D eigenvalue weighted by Crippen LogP contribution is 2.22. The van der Waals surface area contributed by atoms with E-state index in [0.29, 0.717) is 25.6 Å². The first-order valence-corrected chi connectivity index (χ1v) is 10.6. The van der Waals surface area contributed by atoms with Crippen LogP contribution in [0.15, 0.2) is 59.7 Å². The number of halogens is 1. The highest BCUT2D eigenvalue weighted by atomic mass is 19.1. The van der Waals surface area contributed by atoms with Gasteiger partial charge in [-0.25, -0.2) is 14.2 Å². The van der Waals surface area contributed by atoms with Crippen molar-refractivity contribution in [1.29, 1.82) is 0 Å². The first-order valence-electron chi connectivity index (χ1n) is 10.6. The predicted molar refractivity (Wildman–Crippen MR) is 121 cm³/mol. The molecule has 4 rings (SSSR count). The van der Waals surface area contributed by atoms with Gasteiger partial charge in [0.25, 0.3) is 0 Å². The van der Waals surface area contributed by atoms with Gasteiger partial charge in [-0.2, -0.15) is 4.98 Å². The zero-order valence-corrected chi connectivity index (χ0v) is 18.3. The van der Waals surface area contributed by atoms with Gasteiger partial charge in [0.2, 0.25) is 5.95 Å². The molecule has 1 aliphatic heterocycles. The van der Waals surface area contributed by atoms with Crippen LogP contribution in [-0.2, 0) is 12.0 Å². The van der Waals surface area contributed by atoms with E-state index in [1.54, 1.807) is 18.5 Å². The topological polar surface area (TPSA) is 54.3 Å². The second kappa shape index (κ2) is 8.49. The van der Waals surface area contributed by atoms with Crippen LogP contribution < -0.4 is 15.5 Å². The summed E-state index contributed by atoms with van der Waals surface area (Å²) in [6.45, 7) is 9.91. The molecule has 0 spiro atoms. The summed E-state index contributed by atoms with van der Waals surface area (Å²) < 4.78 is 14.7. The van der Waals surface area contributed by atoms with Crippen molar-refractivity contribution in [3.63, 3.8) is 0 Å². The molecule has 0 saturated carbocycles. The average molecular weight is 422 g/mol. The first kappa shape index (κ1) is 21.0. The molecule has 31 heavy (non-hydrogen) atoms. The standard InChI is InChI=1S/C24H28FN5O/c1-24(2,3)19-6-4-18(5-7-19)16-30-17-26-22(27-23(30)31)29-14-12-28(13-15-29)21-10-8-20(25)9-11-21/h4-11,17H,12-16H2,1-3H3. The van der Waals surface area contributed by atoms with Crippen LogP contribution in [0.4, 0.5) is 16.0 Å². The third-order valence-corrected chi connectivity index (χ3v) is 5.68. The number of hydrogen-bond acceptors (Lipinski definition) is 5. The molecule has 3 aromatic rings. The molecule has 1 aliphatic rings. The summed E-state index contributed by atoms with van der Waals surface area (Å²) in [4.78, 5) is 25.4. The predicted octanol–water partition coefficient (Wildman–Crippen LogP) is 3.45.